The largest absolute Gasteiger partial charge is 0.463 e. The number of alkyl halides is 3. The van der Waals surface area contributed by atoms with Crippen LogP contribution in [0, 0.1) is 11.3 Å². The van der Waals surface area contributed by atoms with Crippen LogP contribution in [0.2, 0.25) is 0 Å². The zero-order chi connectivity index (χ0) is 26.7. The fraction of sp³-hybridized carbons (Fsp3) is 0.308. The number of ether oxygens (including phenoxy) is 1. The highest BCUT2D eigenvalue weighted by molar-refractivity contribution is 6.04. The molecule has 0 bridgehead atoms. The smallest absolute Gasteiger partial charge is 0.416 e. The van der Waals surface area contributed by atoms with Crippen LogP contribution in [-0.2, 0) is 26.0 Å². The number of aldehydes is 1. The topological polar surface area (TPSA) is 90.7 Å². The summed E-state index contributed by atoms with van der Waals surface area (Å²) in [5.74, 6) is -0.762. The molecule has 188 valence electrons. The molecule has 0 aromatic heterocycles. The molecule has 1 aliphatic heterocycles. The number of benzene rings is 2. The third kappa shape index (κ3) is 4.69. The average Bonchev–Trinajstić information content (AvgIpc) is 2.84. The van der Waals surface area contributed by atoms with Crippen LogP contribution >= 0.6 is 0 Å². The van der Waals surface area contributed by atoms with Crippen LogP contribution in [0.25, 0.3) is 0 Å². The zero-order valence-corrected chi connectivity index (χ0v) is 19.9. The molecule has 0 radical (unpaired) electrons. The van der Waals surface area contributed by atoms with Crippen LogP contribution in [0.4, 0.5) is 23.7 Å². The van der Waals surface area contributed by atoms with Crippen molar-refractivity contribution in [1.82, 2.24) is 4.90 Å². The van der Waals surface area contributed by atoms with Gasteiger partial charge in [-0.2, -0.15) is 18.4 Å². The van der Waals surface area contributed by atoms with Gasteiger partial charge in [-0.1, -0.05) is 18.2 Å². The molecule has 0 fully saturated rings. The van der Waals surface area contributed by atoms with E-state index < -0.39 is 29.3 Å². The number of nitrogens with zero attached hydrogens (tertiary/aromatic N) is 3. The Labute approximate surface area is 206 Å². The summed E-state index contributed by atoms with van der Waals surface area (Å²) in [5.41, 5.74) is -1.56. The zero-order valence-electron chi connectivity index (χ0n) is 19.9. The molecule has 0 aliphatic carbocycles. The van der Waals surface area contributed by atoms with Crippen LogP contribution in [0.3, 0.4) is 0 Å². The van der Waals surface area contributed by atoms with Crippen molar-refractivity contribution in [3.63, 3.8) is 0 Å². The highest BCUT2D eigenvalue weighted by Gasteiger charge is 2.51. The number of amides is 2. The van der Waals surface area contributed by atoms with Gasteiger partial charge in [-0.25, -0.2) is 9.59 Å². The molecular formula is C26H24F3N3O4. The van der Waals surface area contributed by atoms with E-state index in [0.29, 0.717) is 17.4 Å². The summed E-state index contributed by atoms with van der Waals surface area (Å²) in [6.45, 7) is 4.57. The first-order valence-corrected chi connectivity index (χ1v) is 11.1. The van der Waals surface area contributed by atoms with E-state index in [9.17, 15) is 32.8 Å². The minimum Gasteiger partial charge on any atom is -0.463 e. The molecule has 10 heteroatoms. The summed E-state index contributed by atoms with van der Waals surface area (Å²) in [5, 5.41) is 9.18. The van der Waals surface area contributed by atoms with Gasteiger partial charge in [-0.05, 0) is 56.7 Å². The van der Waals surface area contributed by atoms with Crippen molar-refractivity contribution in [1.29, 1.82) is 5.26 Å². The lowest BCUT2D eigenvalue weighted by Crippen LogP contribution is -2.60. The van der Waals surface area contributed by atoms with Crippen molar-refractivity contribution in [3.8, 4) is 6.07 Å². The molecule has 7 nitrogen and oxygen atoms in total. The average molecular weight is 499 g/mol. The maximum atomic E-state index is 13.9. The van der Waals surface area contributed by atoms with Crippen molar-refractivity contribution in [3.05, 3.63) is 76.5 Å². The molecular weight excluding hydrogens is 475 g/mol. The second-order valence-electron chi connectivity index (χ2n) is 8.22. The number of hydrogen-bond acceptors (Lipinski definition) is 5. The molecule has 2 amide bonds. The van der Waals surface area contributed by atoms with Crippen molar-refractivity contribution in [2.24, 2.45) is 0 Å². The predicted octanol–water partition coefficient (Wildman–Crippen LogP) is 5.16. The summed E-state index contributed by atoms with van der Waals surface area (Å²) in [7, 11) is 0. The highest BCUT2D eigenvalue weighted by atomic mass is 19.4. The van der Waals surface area contributed by atoms with Gasteiger partial charge < -0.3 is 14.4 Å². The van der Waals surface area contributed by atoms with E-state index in [1.165, 1.54) is 36.1 Å². The third-order valence-corrected chi connectivity index (χ3v) is 6.10. The summed E-state index contributed by atoms with van der Waals surface area (Å²) in [4.78, 5) is 40.7. The lowest BCUT2D eigenvalue weighted by atomic mass is 9.79. The molecule has 3 rings (SSSR count). The van der Waals surface area contributed by atoms with E-state index in [1.807, 2.05) is 6.07 Å². The van der Waals surface area contributed by atoms with E-state index in [0.717, 1.165) is 17.0 Å². The number of halogens is 3. The summed E-state index contributed by atoms with van der Waals surface area (Å²) < 4.78 is 45.6. The number of carbonyl (C=O) groups is 3. The van der Waals surface area contributed by atoms with Crippen LogP contribution in [0.1, 0.15) is 43.9 Å². The number of allylic oxidation sites excluding steroid dienone is 1. The fourth-order valence-corrected chi connectivity index (χ4v) is 4.40. The van der Waals surface area contributed by atoms with Gasteiger partial charge in [0.25, 0.3) is 0 Å². The Bertz CT molecular complexity index is 1250. The van der Waals surface area contributed by atoms with E-state index in [2.05, 4.69) is 0 Å². The maximum Gasteiger partial charge on any atom is 0.416 e. The minimum absolute atomic E-state index is 0.0188. The normalized spacial score (nSPS) is 18.2. The number of anilines is 1. The Morgan fingerprint density at radius 3 is 2.42 bits per heavy atom. The van der Waals surface area contributed by atoms with Crippen molar-refractivity contribution in [2.75, 3.05) is 18.1 Å². The van der Waals surface area contributed by atoms with Crippen LogP contribution in [0.15, 0.2) is 59.8 Å². The van der Waals surface area contributed by atoms with Gasteiger partial charge in [0.15, 0.2) is 0 Å². The molecule has 1 heterocycles. The standard InChI is InChI=1S/C26H24F3N3O4/c1-4-36-23(34)22-17(2)32(21-8-5-7-20(15-21)26(27,28)29)24(35)31(13-6-14-33)25(22,3)19-11-9-18(16-30)10-12-19/h5,7-12,14-15H,4,6,13H2,1-3H3/t25-/m1/s1. The van der Waals surface area contributed by atoms with Gasteiger partial charge in [-0.3, -0.25) is 4.90 Å². The molecule has 36 heavy (non-hydrogen) atoms. The Hall–Kier alpha value is -4.13. The molecule has 0 saturated carbocycles. The van der Waals surface area contributed by atoms with Gasteiger partial charge in [0.1, 0.15) is 11.8 Å². The van der Waals surface area contributed by atoms with Gasteiger partial charge in [-0.15, -0.1) is 0 Å². The molecule has 0 saturated heterocycles. The first-order valence-electron chi connectivity index (χ1n) is 11.1. The van der Waals surface area contributed by atoms with Crippen LogP contribution in [0.5, 0.6) is 0 Å². The third-order valence-electron chi connectivity index (χ3n) is 6.10. The first kappa shape index (κ1) is 26.5. The van der Waals surface area contributed by atoms with Gasteiger partial charge in [0.05, 0.1) is 35.1 Å². The van der Waals surface area contributed by atoms with Gasteiger partial charge >= 0.3 is 18.2 Å². The Balaban J connectivity index is 2.33. The van der Waals surface area contributed by atoms with Crippen molar-refractivity contribution >= 4 is 24.0 Å². The lowest BCUT2D eigenvalue weighted by Gasteiger charge is -2.49. The summed E-state index contributed by atoms with van der Waals surface area (Å²) in [6, 6.07) is 11.7. The number of carbonyl (C=O) groups excluding carboxylic acids is 3. The molecule has 1 aliphatic rings. The Morgan fingerprint density at radius 2 is 1.86 bits per heavy atom. The van der Waals surface area contributed by atoms with Gasteiger partial charge in [0, 0.05) is 18.7 Å². The number of nitriles is 1. The van der Waals surface area contributed by atoms with Crippen LogP contribution < -0.4 is 4.90 Å². The summed E-state index contributed by atoms with van der Waals surface area (Å²) >= 11 is 0. The second kappa shape index (κ2) is 10.2. The van der Waals surface area contributed by atoms with Crippen LogP contribution in [-0.4, -0.2) is 36.3 Å². The quantitative estimate of drug-likeness (QED) is 0.388. The van der Waals surface area contributed by atoms with Crippen molar-refractivity contribution < 1.29 is 32.3 Å². The number of hydrogen-bond donors (Lipinski definition) is 0. The number of rotatable bonds is 7. The van der Waals surface area contributed by atoms with Gasteiger partial charge in [0.2, 0.25) is 0 Å². The van der Waals surface area contributed by atoms with E-state index >= 15 is 0 Å². The minimum atomic E-state index is -4.65. The molecule has 0 spiro atoms. The highest BCUT2D eigenvalue weighted by Crippen LogP contribution is 2.45. The lowest BCUT2D eigenvalue weighted by molar-refractivity contribution is -0.140. The van der Waals surface area contributed by atoms with Crippen molar-refractivity contribution in [2.45, 2.75) is 38.9 Å². The van der Waals surface area contributed by atoms with E-state index in [-0.39, 0.29) is 36.5 Å². The number of urea groups is 1. The fourth-order valence-electron chi connectivity index (χ4n) is 4.40. The Kier molecular flexibility index (Phi) is 7.53. The SMILES string of the molecule is CCOC(=O)C1=C(C)N(c2cccc(C(F)(F)F)c2)C(=O)N(CCC=O)[C@]1(C)c1ccc(C#N)cc1. The van der Waals surface area contributed by atoms with E-state index in [4.69, 9.17) is 4.74 Å². The molecule has 2 aromatic carbocycles. The maximum absolute atomic E-state index is 13.9. The predicted molar refractivity (Wildman–Crippen MR) is 125 cm³/mol. The number of esters is 1. The Morgan fingerprint density at radius 1 is 1.19 bits per heavy atom. The first-order chi connectivity index (χ1) is 17.0. The van der Waals surface area contributed by atoms with E-state index in [1.54, 1.807) is 26.0 Å². The monoisotopic (exact) mass is 499 g/mol. The molecule has 0 unspecified atom stereocenters. The molecule has 2 aromatic rings. The second-order valence-corrected chi connectivity index (χ2v) is 8.22. The molecule has 0 N–H and O–H groups in total. The molecule has 1 atom stereocenters. The summed E-state index contributed by atoms with van der Waals surface area (Å²) in [6.07, 6.45) is -4.12.